The van der Waals surface area contributed by atoms with Gasteiger partial charge in [0.1, 0.15) is 6.10 Å². The first-order chi connectivity index (χ1) is 7.60. The van der Waals surface area contributed by atoms with Gasteiger partial charge in [0.2, 0.25) is 0 Å². The monoisotopic (exact) mass is 244 g/mol. The van der Waals surface area contributed by atoms with Crippen molar-refractivity contribution < 1.29 is 14.6 Å². The molecule has 1 aromatic rings. The Kier molecular flexibility index (Phi) is 4.64. The molecule has 0 fully saturated rings. The van der Waals surface area contributed by atoms with E-state index in [0.29, 0.717) is 18.9 Å². The smallest absolute Gasteiger partial charge is 0.356 e. The lowest BCUT2D eigenvalue weighted by Crippen LogP contribution is -2.12. The second-order valence-electron chi connectivity index (χ2n) is 3.08. The van der Waals surface area contributed by atoms with E-state index in [4.69, 9.17) is 21.4 Å². The van der Waals surface area contributed by atoms with Gasteiger partial charge in [-0.05, 0) is 13.3 Å². The molecular weight excluding hydrogens is 232 g/mol. The fourth-order valence-corrected chi connectivity index (χ4v) is 1.43. The minimum Gasteiger partial charge on any atom is -0.476 e. The molecule has 0 saturated carbocycles. The van der Waals surface area contributed by atoms with Gasteiger partial charge in [-0.1, -0.05) is 18.5 Å². The number of hydrogen-bond donors (Lipinski definition) is 1. The van der Waals surface area contributed by atoms with Crippen molar-refractivity contribution in [1.29, 1.82) is 0 Å². The van der Waals surface area contributed by atoms with Crippen LogP contribution in [-0.4, -0.2) is 27.7 Å². The van der Waals surface area contributed by atoms with Crippen LogP contribution in [0.15, 0.2) is 6.20 Å². The summed E-state index contributed by atoms with van der Waals surface area (Å²) in [7, 11) is 0. The normalized spacial score (nSPS) is 12.4. The number of carboxylic acids is 1. The highest BCUT2D eigenvalue weighted by Crippen LogP contribution is 2.20. The Morgan fingerprint density at radius 3 is 2.81 bits per heavy atom. The van der Waals surface area contributed by atoms with E-state index in [0.717, 1.165) is 0 Å². The first-order valence-electron chi connectivity index (χ1n) is 4.97. The van der Waals surface area contributed by atoms with Crippen molar-refractivity contribution in [2.75, 3.05) is 6.61 Å². The van der Waals surface area contributed by atoms with Crippen LogP contribution in [0.25, 0.3) is 0 Å². The molecule has 0 aliphatic rings. The molecule has 0 spiro atoms. The van der Waals surface area contributed by atoms with Gasteiger partial charge in [0.05, 0.1) is 11.2 Å². The SMILES string of the molecule is CCOC(CC)c1ncc(Cl)c(C(=O)O)n1. The molecule has 0 aromatic carbocycles. The Morgan fingerprint density at radius 2 is 2.31 bits per heavy atom. The average molecular weight is 245 g/mol. The maximum absolute atomic E-state index is 10.8. The van der Waals surface area contributed by atoms with Crippen molar-refractivity contribution in [3.8, 4) is 0 Å². The van der Waals surface area contributed by atoms with Crippen molar-refractivity contribution >= 4 is 17.6 Å². The number of aromatic nitrogens is 2. The molecule has 1 heterocycles. The molecule has 1 unspecified atom stereocenters. The molecular formula is C10H13ClN2O3. The molecule has 0 amide bonds. The van der Waals surface area contributed by atoms with Crippen molar-refractivity contribution in [1.82, 2.24) is 9.97 Å². The summed E-state index contributed by atoms with van der Waals surface area (Å²) < 4.78 is 5.39. The highest BCUT2D eigenvalue weighted by atomic mass is 35.5. The molecule has 16 heavy (non-hydrogen) atoms. The number of hydrogen-bond acceptors (Lipinski definition) is 4. The molecule has 0 radical (unpaired) electrons. The third kappa shape index (κ3) is 2.90. The van der Waals surface area contributed by atoms with Gasteiger partial charge in [-0.15, -0.1) is 0 Å². The highest BCUT2D eigenvalue weighted by molar-refractivity contribution is 6.33. The van der Waals surface area contributed by atoms with Crippen LogP contribution in [-0.2, 0) is 4.74 Å². The Bertz CT molecular complexity index is 384. The second kappa shape index (κ2) is 5.77. The Labute approximate surface area is 98.4 Å². The summed E-state index contributed by atoms with van der Waals surface area (Å²) in [5, 5.41) is 8.89. The van der Waals surface area contributed by atoms with Crippen LogP contribution in [0.4, 0.5) is 0 Å². The van der Waals surface area contributed by atoms with E-state index in [9.17, 15) is 4.79 Å². The Hall–Kier alpha value is -1.20. The fraction of sp³-hybridized carbons (Fsp3) is 0.500. The number of halogens is 1. The summed E-state index contributed by atoms with van der Waals surface area (Å²) in [5.41, 5.74) is -0.190. The van der Waals surface area contributed by atoms with E-state index in [1.165, 1.54) is 6.20 Å². The number of carboxylic acid groups (broad SMARTS) is 1. The van der Waals surface area contributed by atoms with Gasteiger partial charge < -0.3 is 9.84 Å². The minimum atomic E-state index is -1.17. The lowest BCUT2D eigenvalue weighted by atomic mass is 10.2. The van der Waals surface area contributed by atoms with Crippen molar-refractivity contribution in [3.05, 3.63) is 22.7 Å². The van der Waals surface area contributed by atoms with Gasteiger partial charge in [0, 0.05) is 6.61 Å². The quantitative estimate of drug-likeness (QED) is 0.861. The average Bonchev–Trinajstić information content (AvgIpc) is 2.26. The molecule has 1 aromatic heterocycles. The molecule has 5 nitrogen and oxygen atoms in total. The Balaban J connectivity index is 3.05. The van der Waals surface area contributed by atoms with Crippen LogP contribution >= 0.6 is 11.6 Å². The number of carbonyl (C=O) groups is 1. The maximum Gasteiger partial charge on any atom is 0.356 e. The van der Waals surface area contributed by atoms with Crippen LogP contribution in [0.3, 0.4) is 0 Å². The van der Waals surface area contributed by atoms with E-state index in [-0.39, 0.29) is 16.8 Å². The number of rotatable bonds is 5. The minimum absolute atomic E-state index is 0.0302. The van der Waals surface area contributed by atoms with E-state index in [1.807, 2.05) is 13.8 Å². The van der Waals surface area contributed by atoms with Crippen molar-refractivity contribution in [2.45, 2.75) is 26.4 Å². The highest BCUT2D eigenvalue weighted by Gasteiger charge is 2.17. The van der Waals surface area contributed by atoms with Gasteiger partial charge in [0.25, 0.3) is 0 Å². The van der Waals surface area contributed by atoms with E-state index >= 15 is 0 Å². The lowest BCUT2D eigenvalue weighted by molar-refractivity contribution is 0.0527. The third-order valence-corrected chi connectivity index (χ3v) is 2.27. The number of aromatic carboxylic acids is 1. The molecule has 1 atom stereocenters. The first-order valence-corrected chi connectivity index (χ1v) is 5.35. The molecule has 0 aliphatic carbocycles. The van der Waals surface area contributed by atoms with Crippen LogP contribution < -0.4 is 0 Å². The van der Waals surface area contributed by atoms with E-state index in [1.54, 1.807) is 0 Å². The summed E-state index contributed by atoms with van der Waals surface area (Å²) in [6.07, 6.45) is 1.67. The zero-order valence-corrected chi connectivity index (χ0v) is 9.86. The first kappa shape index (κ1) is 12.9. The molecule has 0 bridgehead atoms. The van der Waals surface area contributed by atoms with Crippen molar-refractivity contribution in [2.24, 2.45) is 0 Å². The van der Waals surface area contributed by atoms with Gasteiger partial charge >= 0.3 is 5.97 Å². The van der Waals surface area contributed by atoms with Gasteiger partial charge in [-0.25, -0.2) is 14.8 Å². The summed E-state index contributed by atoms with van der Waals surface area (Å²) in [5.74, 6) is -0.814. The van der Waals surface area contributed by atoms with Gasteiger partial charge in [-0.2, -0.15) is 0 Å². The molecule has 6 heteroatoms. The van der Waals surface area contributed by atoms with Crippen LogP contribution in [0, 0.1) is 0 Å². The predicted molar refractivity (Wildman–Crippen MR) is 58.7 cm³/mol. The summed E-state index contributed by atoms with van der Waals surface area (Å²) in [6, 6.07) is 0. The van der Waals surface area contributed by atoms with Crippen LogP contribution in [0.5, 0.6) is 0 Å². The van der Waals surface area contributed by atoms with Crippen LogP contribution in [0.1, 0.15) is 42.7 Å². The van der Waals surface area contributed by atoms with E-state index in [2.05, 4.69) is 9.97 Å². The van der Waals surface area contributed by atoms with Crippen LogP contribution in [0.2, 0.25) is 5.02 Å². The van der Waals surface area contributed by atoms with E-state index < -0.39 is 5.97 Å². The zero-order chi connectivity index (χ0) is 12.1. The lowest BCUT2D eigenvalue weighted by Gasteiger charge is -2.13. The topological polar surface area (TPSA) is 72.3 Å². The summed E-state index contributed by atoms with van der Waals surface area (Å²) >= 11 is 5.67. The number of nitrogens with zero attached hydrogens (tertiary/aromatic N) is 2. The molecule has 0 aliphatic heterocycles. The summed E-state index contributed by atoms with van der Waals surface area (Å²) in [6.45, 7) is 4.29. The van der Waals surface area contributed by atoms with Gasteiger partial charge in [-0.3, -0.25) is 0 Å². The van der Waals surface area contributed by atoms with Gasteiger partial charge in [0.15, 0.2) is 11.5 Å². The number of ether oxygens (including phenoxy) is 1. The Morgan fingerprint density at radius 1 is 1.62 bits per heavy atom. The molecule has 0 saturated heterocycles. The molecule has 1 N–H and O–H groups in total. The second-order valence-corrected chi connectivity index (χ2v) is 3.49. The van der Waals surface area contributed by atoms with Crippen molar-refractivity contribution in [3.63, 3.8) is 0 Å². The third-order valence-electron chi connectivity index (χ3n) is 1.99. The largest absolute Gasteiger partial charge is 0.476 e. The standard InChI is InChI=1S/C10H13ClN2O3/c1-3-7(16-4-2)9-12-5-6(11)8(13-9)10(14)15/h5,7H,3-4H2,1-2H3,(H,14,15). The zero-order valence-electron chi connectivity index (χ0n) is 9.11. The summed E-state index contributed by atoms with van der Waals surface area (Å²) in [4.78, 5) is 18.7. The molecule has 88 valence electrons. The molecule has 1 rings (SSSR count). The fourth-order valence-electron chi connectivity index (χ4n) is 1.26. The maximum atomic E-state index is 10.8. The predicted octanol–water partition coefficient (Wildman–Crippen LogP) is 2.32.